The maximum Gasteiger partial charge on any atom is 0.152 e. The van der Waals surface area contributed by atoms with Crippen molar-refractivity contribution in [2.75, 3.05) is 0 Å². The fourth-order valence-electron chi connectivity index (χ4n) is 2.42. The number of hydrogen-bond donors (Lipinski definition) is 1. The first kappa shape index (κ1) is 13.3. The lowest BCUT2D eigenvalue weighted by molar-refractivity contribution is -0.112. The van der Waals surface area contributed by atoms with Crippen LogP contribution in [0.5, 0.6) is 0 Å². The van der Waals surface area contributed by atoms with Gasteiger partial charge in [-0.15, -0.1) is 0 Å². The highest BCUT2D eigenvalue weighted by molar-refractivity contribution is 6.01. The molecule has 0 bridgehead atoms. The molecule has 0 atom stereocenters. The predicted molar refractivity (Wildman–Crippen MR) is 83.4 cm³/mol. The second-order valence-corrected chi connectivity index (χ2v) is 4.91. The third-order valence-corrected chi connectivity index (χ3v) is 3.35. The first-order valence-corrected chi connectivity index (χ1v) is 6.70. The number of benzene rings is 2. The van der Waals surface area contributed by atoms with E-state index >= 15 is 0 Å². The zero-order chi connectivity index (χ0) is 14.8. The maximum atomic E-state index is 13.1. The molecule has 3 rings (SSSR count). The number of carbonyl (C=O) groups excluding carboxylic acids is 1. The largest absolute Gasteiger partial charge is 0.354 e. The van der Waals surface area contributed by atoms with Crippen LogP contribution < -0.4 is 0 Å². The van der Waals surface area contributed by atoms with E-state index < -0.39 is 0 Å². The Morgan fingerprint density at radius 1 is 1.10 bits per heavy atom. The fourth-order valence-corrected chi connectivity index (χ4v) is 2.42. The van der Waals surface area contributed by atoms with Gasteiger partial charge in [0.1, 0.15) is 5.82 Å². The molecule has 0 saturated heterocycles. The number of rotatable bonds is 3. The van der Waals surface area contributed by atoms with E-state index in [-0.39, 0.29) is 11.6 Å². The smallest absolute Gasteiger partial charge is 0.152 e. The number of aromatic amines is 1. The van der Waals surface area contributed by atoms with Crippen LogP contribution in [-0.4, -0.2) is 10.8 Å². The Bertz CT molecular complexity index is 828. The number of hydrogen-bond acceptors (Lipinski definition) is 1. The molecule has 0 radical (unpaired) electrons. The number of fused-ring (bicyclic) bond motifs is 1. The molecular formula is C18H14FNO. The van der Waals surface area contributed by atoms with Crippen molar-refractivity contribution < 1.29 is 9.18 Å². The van der Waals surface area contributed by atoms with E-state index in [4.69, 9.17) is 0 Å². The van der Waals surface area contributed by atoms with Crippen LogP contribution in [0, 0.1) is 5.82 Å². The zero-order valence-corrected chi connectivity index (χ0v) is 11.6. The Hall–Kier alpha value is -2.68. The van der Waals surface area contributed by atoms with Crippen molar-refractivity contribution >= 4 is 22.8 Å². The first-order valence-electron chi connectivity index (χ1n) is 6.70. The highest BCUT2D eigenvalue weighted by atomic mass is 19.1. The monoisotopic (exact) mass is 279 g/mol. The Kier molecular flexibility index (Phi) is 3.40. The summed E-state index contributed by atoms with van der Waals surface area (Å²) in [6.07, 6.45) is 3.29. The molecule has 2 aromatic carbocycles. The number of carbonyl (C=O) groups is 1. The van der Waals surface area contributed by atoms with Gasteiger partial charge in [0.05, 0.1) is 0 Å². The van der Waals surface area contributed by atoms with Gasteiger partial charge in [0, 0.05) is 22.2 Å². The van der Waals surface area contributed by atoms with E-state index in [1.54, 1.807) is 18.2 Å². The highest BCUT2D eigenvalue weighted by Crippen LogP contribution is 2.33. The minimum absolute atomic E-state index is 0.0151. The average molecular weight is 279 g/mol. The van der Waals surface area contributed by atoms with Crippen LogP contribution in [0.4, 0.5) is 4.39 Å². The third kappa shape index (κ3) is 2.63. The van der Waals surface area contributed by atoms with Gasteiger partial charge in [-0.3, -0.25) is 4.79 Å². The summed E-state index contributed by atoms with van der Waals surface area (Å²) in [6.45, 7) is 1.51. The molecule has 3 heteroatoms. The highest BCUT2D eigenvalue weighted by Gasteiger charge is 2.11. The molecule has 0 aliphatic heterocycles. The van der Waals surface area contributed by atoms with Gasteiger partial charge in [-0.05, 0) is 42.8 Å². The van der Waals surface area contributed by atoms with E-state index in [1.807, 2.05) is 24.3 Å². The number of ketones is 1. The van der Waals surface area contributed by atoms with E-state index in [2.05, 4.69) is 4.98 Å². The van der Waals surface area contributed by atoms with E-state index in [0.29, 0.717) is 0 Å². The van der Waals surface area contributed by atoms with Gasteiger partial charge < -0.3 is 4.98 Å². The summed E-state index contributed by atoms with van der Waals surface area (Å²) in [5.74, 6) is -0.280. The van der Waals surface area contributed by atoms with Crippen LogP contribution in [0.25, 0.3) is 28.1 Å². The predicted octanol–water partition coefficient (Wildman–Crippen LogP) is 4.58. The topological polar surface area (TPSA) is 32.9 Å². The average Bonchev–Trinajstić information content (AvgIpc) is 2.84. The van der Waals surface area contributed by atoms with Crippen LogP contribution in [-0.2, 0) is 4.79 Å². The standard InChI is InChI=1S/C18H14FNO/c1-12(21)6-11-17-18(13-7-9-14(19)10-8-13)15-4-2-3-5-16(15)20-17/h2-11,20H,1H3/b11-6+. The fraction of sp³-hybridized carbons (Fsp3) is 0.0556. The number of aromatic nitrogens is 1. The molecular weight excluding hydrogens is 265 g/mol. The zero-order valence-electron chi connectivity index (χ0n) is 11.6. The number of allylic oxidation sites excluding steroid dienone is 1. The SMILES string of the molecule is CC(=O)/C=C/c1[nH]c2ccccc2c1-c1ccc(F)cc1. The lowest BCUT2D eigenvalue weighted by atomic mass is 10.0. The Morgan fingerprint density at radius 3 is 2.52 bits per heavy atom. The van der Waals surface area contributed by atoms with Gasteiger partial charge in [0.25, 0.3) is 0 Å². The van der Waals surface area contributed by atoms with E-state index in [0.717, 1.165) is 27.7 Å². The molecule has 0 aliphatic rings. The Balaban J connectivity index is 2.24. The quantitative estimate of drug-likeness (QED) is 0.699. The number of para-hydroxylation sites is 1. The number of H-pyrrole nitrogens is 1. The van der Waals surface area contributed by atoms with Gasteiger partial charge in [-0.1, -0.05) is 30.3 Å². The molecule has 0 saturated carbocycles. The summed E-state index contributed by atoms with van der Waals surface area (Å²) in [5, 5.41) is 1.05. The van der Waals surface area contributed by atoms with Crippen molar-refractivity contribution in [2.45, 2.75) is 6.92 Å². The number of halogens is 1. The number of nitrogens with one attached hydrogen (secondary N) is 1. The van der Waals surface area contributed by atoms with Gasteiger partial charge in [-0.2, -0.15) is 0 Å². The van der Waals surface area contributed by atoms with Gasteiger partial charge >= 0.3 is 0 Å². The lowest BCUT2D eigenvalue weighted by Crippen LogP contribution is -1.84. The van der Waals surface area contributed by atoms with Gasteiger partial charge in [0.15, 0.2) is 5.78 Å². The van der Waals surface area contributed by atoms with Crippen molar-refractivity contribution in [3.05, 3.63) is 66.1 Å². The van der Waals surface area contributed by atoms with Crippen LogP contribution in [0.1, 0.15) is 12.6 Å². The summed E-state index contributed by atoms with van der Waals surface area (Å²) in [4.78, 5) is 14.5. The van der Waals surface area contributed by atoms with E-state index in [1.165, 1.54) is 25.1 Å². The molecule has 21 heavy (non-hydrogen) atoms. The van der Waals surface area contributed by atoms with Crippen LogP contribution in [0.2, 0.25) is 0 Å². The minimum atomic E-state index is -0.264. The molecule has 0 amide bonds. The third-order valence-electron chi connectivity index (χ3n) is 3.35. The summed E-state index contributed by atoms with van der Waals surface area (Å²) >= 11 is 0. The second kappa shape index (κ2) is 5.37. The Morgan fingerprint density at radius 2 is 1.81 bits per heavy atom. The van der Waals surface area contributed by atoms with Crippen LogP contribution >= 0.6 is 0 Å². The normalized spacial score (nSPS) is 11.3. The van der Waals surface area contributed by atoms with Crippen molar-refractivity contribution in [2.24, 2.45) is 0 Å². The van der Waals surface area contributed by atoms with Crippen molar-refractivity contribution in [3.63, 3.8) is 0 Å². The maximum absolute atomic E-state index is 13.1. The van der Waals surface area contributed by atoms with Crippen LogP contribution in [0.3, 0.4) is 0 Å². The first-order chi connectivity index (χ1) is 10.1. The molecule has 0 fully saturated rings. The summed E-state index contributed by atoms with van der Waals surface area (Å²) in [6, 6.07) is 14.3. The van der Waals surface area contributed by atoms with Crippen LogP contribution in [0.15, 0.2) is 54.6 Å². The molecule has 3 aromatic rings. The molecule has 0 aliphatic carbocycles. The van der Waals surface area contributed by atoms with Crippen molar-refractivity contribution in [1.82, 2.24) is 4.98 Å². The molecule has 1 heterocycles. The lowest BCUT2D eigenvalue weighted by Gasteiger charge is -2.02. The minimum Gasteiger partial charge on any atom is -0.354 e. The van der Waals surface area contributed by atoms with Crippen molar-refractivity contribution in [1.29, 1.82) is 0 Å². The molecule has 1 N–H and O–H groups in total. The molecule has 2 nitrogen and oxygen atoms in total. The molecule has 1 aromatic heterocycles. The Labute approximate surface area is 121 Å². The van der Waals surface area contributed by atoms with E-state index in [9.17, 15) is 9.18 Å². The summed E-state index contributed by atoms with van der Waals surface area (Å²) < 4.78 is 13.1. The van der Waals surface area contributed by atoms with Gasteiger partial charge in [0.2, 0.25) is 0 Å². The van der Waals surface area contributed by atoms with Gasteiger partial charge in [-0.25, -0.2) is 4.39 Å². The molecule has 0 spiro atoms. The summed E-state index contributed by atoms with van der Waals surface area (Å²) in [5.41, 5.74) is 3.72. The van der Waals surface area contributed by atoms with Crippen molar-refractivity contribution in [3.8, 4) is 11.1 Å². The molecule has 0 unspecified atom stereocenters. The summed E-state index contributed by atoms with van der Waals surface area (Å²) in [7, 11) is 0. The molecule has 104 valence electrons. The second-order valence-electron chi connectivity index (χ2n) is 4.91.